The fraction of sp³-hybridized carbons (Fsp3) is 0.133. The molecule has 20 heavy (non-hydrogen) atoms. The summed E-state index contributed by atoms with van der Waals surface area (Å²) in [5, 5.41) is 11.1. The first kappa shape index (κ1) is 12.3. The SMILES string of the molecule is O=[N+]([O-])c1cc2c(cc1OCc1ccccc1)CN=C2. The van der Waals surface area contributed by atoms with Crippen LogP contribution in [0.25, 0.3) is 0 Å². The van der Waals surface area contributed by atoms with Crippen LogP contribution in [0, 0.1) is 10.1 Å². The zero-order valence-corrected chi connectivity index (χ0v) is 10.7. The van der Waals surface area contributed by atoms with Crippen LogP contribution < -0.4 is 4.74 Å². The summed E-state index contributed by atoms with van der Waals surface area (Å²) in [4.78, 5) is 14.8. The number of nitro benzene ring substituents is 1. The van der Waals surface area contributed by atoms with Crippen LogP contribution in [0.1, 0.15) is 16.7 Å². The summed E-state index contributed by atoms with van der Waals surface area (Å²) < 4.78 is 5.61. The van der Waals surface area contributed by atoms with Crippen LogP contribution in [-0.4, -0.2) is 11.1 Å². The minimum absolute atomic E-state index is 0.0203. The Labute approximate surface area is 115 Å². The molecule has 0 amide bonds. The van der Waals surface area contributed by atoms with Gasteiger partial charge in [0.05, 0.1) is 11.5 Å². The second-order valence-electron chi connectivity index (χ2n) is 4.52. The van der Waals surface area contributed by atoms with Crippen LogP contribution in [0.2, 0.25) is 0 Å². The molecule has 0 bridgehead atoms. The van der Waals surface area contributed by atoms with E-state index in [1.807, 2.05) is 30.3 Å². The highest BCUT2D eigenvalue weighted by Gasteiger charge is 2.20. The minimum Gasteiger partial charge on any atom is -0.482 e. The van der Waals surface area contributed by atoms with Crippen molar-refractivity contribution in [3.63, 3.8) is 0 Å². The van der Waals surface area contributed by atoms with Crippen LogP contribution in [0.4, 0.5) is 5.69 Å². The summed E-state index contributed by atoms with van der Waals surface area (Å²) in [6.07, 6.45) is 1.66. The molecule has 1 heterocycles. The molecule has 0 saturated heterocycles. The van der Waals surface area contributed by atoms with Gasteiger partial charge in [-0.05, 0) is 17.2 Å². The molecule has 5 nitrogen and oxygen atoms in total. The highest BCUT2D eigenvalue weighted by atomic mass is 16.6. The number of fused-ring (bicyclic) bond motifs is 1. The van der Waals surface area contributed by atoms with Crippen LogP contribution >= 0.6 is 0 Å². The monoisotopic (exact) mass is 268 g/mol. The van der Waals surface area contributed by atoms with Gasteiger partial charge in [0, 0.05) is 17.8 Å². The predicted molar refractivity (Wildman–Crippen MR) is 75.2 cm³/mol. The number of nitro groups is 1. The fourth-order valence-corrected chi connectivity index (χ4v) is 2.12. The summed E-state index contributed by atoms with van der Waals surface area (Å²) >= 11 is 0. The smallest absolute Gasteiger partial charge is 0.311 e. The van der Waals surface area contributed by atoms with E-state index in [2.05, 4.69) is 4.99 Å². The molecule has 0 N–H and O–H groups in total. The lowest BCUT2D eigenvalue weighted by molar-refractivity contribution is -0.386. The zero-order valence-electron chi connectivity index (χ0n) is 10.7. The van der Waals surface area contributed by atoms with Crippen LogP contribution in [-0.2, 0) is 13.2 Å². The summed E-state index contributed by atoms with van der Waals surface area (Å²) in [5.41, 5.74) is 2.70. The molecule has 0 unspecified atom stereocenters. The highest BCUT2D eigenvalue weighted by molar-refractivity contribution is 5.86. The van der Waals surface area contributed by atoms with Crippen molar-refractivity contribution in [3.8, 4) is 5.75 Å². The normalized spacial score (nSPS) is 12.2. The maximum atomic E-state index is 11.1. The minimum atomic E-state index is -0.424. The van der Waals surface area contributed by atoms with E-state index in [1.54, 1.807) is 12.3 Å². The van der Waals surface area contributed by atoms with Gasteiger partial charge in [-0.15, -0.1) is 0 Å². The Morgan fingerprint density at radius 2 is 2.05 bits per heavy atom. The Hall–Kier alpha value is -2.69. The Bertz CT molecular complexity index is 681. The molecule has 0 radical (unpaired) electrons. The molecular weight excluding hydrogens is 256 g/mol. The standard InChI is InChI=1S/C15H12N2O3/c18-17(19)14-6-12-8-16-9-13(12)7-15(14)20-10-11-4-2-1-3-5-11/h1-8H,9-10H2. The lowest BCUT2D eigenvalue weighted by Gasteiger charge is -2.08. The number of rotatable bonds is 4. The van der Waals surface area contributed by atoms with Crippen molar-refractivity contribution in [1.29, 1.82) is 0 Å². The molecule has 2 aromatic carbocycles. The summed E-state index contributed by atoms with van der Waals surface area (Å²) in [5.74, 6) is 0.295. The van der Waals surface area contributed by atoms with E-state index in [9.17, 15) is 10.1 Å². The van der Waals surface area contributed by atoms with Crippen molar-refractivity contribution in [3.05, 3.63) is 69.3 Å². The third-order valence-electron chi connectivity index (χ3n) is 3.15. The molecule has 2 aromatic rings. The molecule has 5 heteroatoms. The van der Waals surface area contributed by atoms with Gasteiger partial charge in [0.15, 0.2) is 5.75 Å². The van der Waals surface area contributed by atoms with Gasteiger partial charge in [-0.1, -0.05) is 30.3 Å². The quantitative estimate of drug-likeness (QED) is 0.632. The number of aliphatic imine (C=N–C) groups is 1. The van der Waals surface area contributed by atoms with E-state index < -0.39 is 4.92 Å². The summed E-state index contributed by atoms with van der Waals surface area (Å²) in [7, 11) is 0. The highest BCUT2D eigenvalue weighted by Crippen LogP contribution is 2.32. The Kier molecular flexibility index (Phi) is 3.16. The summed E-state index contributed by atoms with van der Waals surface area (Å²) in [6, 6.07) is 12.8. The Morgan fingerprint density at radius 3 is 2.80 bits per heavy atom. The number of benzene rings is 2. The lowest BCUT2D eigenvalue weighted by Crippen LogP contribution is -2.01. The molecule has 0 saturated carbocycles. The average molecular weight is 268 g/mol. The average Bonchev–Trinajstić information content (AvgIpc) is 2.92. The van der Waals surface area contributed by atoms with E-state index in [0.717, 1.165) is 16.7 Å². The van der Waals surface area contributed by atoms with Gasteiger partial charge >= 0.3 is 5.69 Å². The van der Waals surface area contributed by atoms with Crippen molar-refractivity contribution < 1.29 is 9.66 Å². The number of hydrogen-bond donors (Lipinski definition) is 0. The lowest BCUT2D eigenvalue weighted by atomic mass is 10.1. The molecule has 0 fully saturated rings. The van der Waals surface area contributed by atoms with E-state index >= 15 is 0 Å². The first-order valence-electron chi connectivity index (χ1n) is 6.22. The van der Waals surface area contributed by atoms with Crippen molar-refractivity contribution in [1.82, 2.24) is 0 Å². The number of hydrogen-bond acceptors (Lipinski definition) is 4. The number of ether oxygens (including phenoxy) is 1. The zero-order chi connectivity index (χ0) is 13.9. The van der Waals surface area contributed by atoms with Gasteiger partial charge in [0.2, 0.25) is 0 Å². The second kappa shape index (κ2) is 5.13. The van der Waals surface area contributed by atoms with Gasteiger partial charge in [0.25, 0.3) is 0 Å². The predicted octanol–water partition coefficient (Wildman–Crippen LogP) is 3.11. The number of nitrogens with zero attached hydrogens (tertiary/aromatic N) is 2. The topological polar surface area (TPSA) is 64.7 Å². The Morgan fingerprint density at radius 1 is 1.25 bits per heavy atom. The third kappa shape index (κ3) is 2.38. The first-order chi connectivity index (χ1) is 9.74. The van der Waals surface area contributed by atoms with Gasteiger partial charge in [-0.3, -0.25) is 15.1 Å². The molecule has 1 aliphatic heterocycles. The van der Waals surface area contributed by atoms with Crippen LogP contribution in [0.15, 0.2) is 47.5 Å². The van der Waals surface area contributed by atoms with Crippen LogP contribution in [0.3, 0.4) is 0 Å². The molecule has 1 aliphatic rings. The van der Waals surface area contributed by atoms with Gasteiger partial charge < -0.3 is 4.74 Å². The van der Waals surface area contributed by atoms with E-state index in [-0.39, 0.29) is 5.69 Å². The maximum absolute atomic E-state index is 11.1. The van der Waals surface area contributed by atoms with Gasteiger partial charge in [0.1, 0.15) is 6.61 Å². The van der Waals surface area contributed by atoms with Gasteiger partial charge in [-0.2, -0.15) is 0 Å². The van der Waals surface area contributed by atoms with Crippen molar-refractivity contribution >= 4 is 11.9 Å². The van der Waals surface area contributed by atoms with Crippen LogP contribution in [0.5, 0.6) is 5.75 Å². The third-order valence-corrected chi connectivity index (χ3v) is 3.15. The van der Waals surface area contributed by atoms with E-state index in [0.29, 0.717) is 18.9 Å². The molecule has 3 rings (SSSR count). The van der Waals surface area contributed by atoms with E-state index in [4.69, 9.17) is 4.74 Å². The van der Waals surface area contributed by atoms with E-state index in [1.165, 1.54) is 6.07 Å². The Balaban J connectivity index is 1.87. The maximum Gasteiger partial charge on any atom is 0.311 e. The molecular formula is C15H12N2O3. The van der Waals surface area contributed by atoms with Crippen molar-refractivity contribution in [2.24, 2.45) is 4.99 Å². The molecule has 0 aromatic heterocycles. The fourth-order valence-electron chi connectivity index (χ4n) is 2.12. The molecule has 0 atom stereocenters. The largest absolute Gasteiger partial charge is 0.482 e. The molecule has 100 valence electrons. The van der Waals surface area contributed by atoms with Crippen molar-refractivity contribution in [2.45, 2.75) is 13.2 Å². The summed E-state index contributed by atoms with van der Waals surface area (Å²) in [6.45, 7) is 0.857. The first-order valence-corrected chi connectivity index (χ1v) is 6.22. The molecule has 0 aliphatic carbocycles. The van der Waals surface area contributed by atoms with Gasteiger partial charge in [-0.25, -0.2) is 0 Å². The van der Waals surface area contributed by atoms with Crippen molar-refractivity contribution in [2.75, 3.05) is 0 Å². The second-order valence-corrected chi connectivity index (χ2v) is 4.52. The molecule has 0 spiro atoms.